The van der Waals surface area contributed by atoms with Gasteiger partial charge >= 0.3 is 0 Å². The molecule has 0 aliphatic carbocycles. The number of hydrogen-bond donors (Lipinski definition) is 0. The first kappa shape index (κ1) is 38.0. The lowest BCUT2D eigenvalue weighted by Crippen LogP contribution is -2.23. The maximum Gasteiger partial charge on any atom is 0.187 e. The summed E-state index contributed by atoms with van der Waals surface area (Å²) in [4.78, 5) is 12.9. The normalized spacial score (nSPS) is 13.9. The van der Waals surface area contributed by atoms with Crippen molar-refractivity contribution in [3.8, 4) is 56.8 Å². The van der Waals surface area contributed by atoms with E-state index >= 15 is 0 Å². The Morgan fingerprint density at radius 3 is 2.03 bits per heavy atom. The number of rotatable bonds is 8. The summed E-state index contributed by atoms with van der Waals surface area (Å²) in [6.45, 7) is 12.7. The van der Waals surface area contributed by atoms with E-state index in [1.54, 1.807) is 48.5 Å². The minimum atomic E-state index is -2.91. The highest BCUT2D eigenvalue weighted by atomic mass is 16.5. The maximum absolute atomic E-state index is 10.2. The van der Waals surface area contributed by atoms with Gasteiger partial charge in [-0.25, -0.2) is 9.83 Å². The Hall–Kier alpha value is -8.91. The lowest BCUT2D eigenvalue weighted by Gasteiger charge is -2.25. The molecule has 0 atom stereocenters. The van der Waals surface area contributed by atoms with Crippen molar-refractivity contribution in [2.45, 2.75) is 53.7 Å². The third-order valence-electron chi connectivity index (χ3n) is 13.7. The average molecular weight is 927 g/mol. The van der Waals surface area contributed by atoms with Gasteiger partial charge < -0.3 is 14.5 Å². The molecule has 2 aromatic heterocycles. The second kappa shape index (κ2) is 17.6. The van der Waals surface area contributed by atoms with Crippen LogP contribution in [-0.4, -0.2) is 16.2 Å². The number of para-hydroxylation sites is 4. The van der Waals surface area contributed by atoms with Gasteiger partial charge in [0.25, 0.3) is 0 Å². The lowest BCUT2D eigenvalue weighted by atomic mass is 9.82. The van der Waals surface area contributed by atoms with E-state index in [0.717, 1.165) is 50.2 Å². The SMILES string of the molecule is [2H]C([2H])([2H])c1c(-c2cc(C#N)ccc2C)cc(-c2cc([N+]#[C-])ccc2C)c(C([2H])([2H])[2H])c1-c1cc(Oc2ccc3c4ccccc4n(-c4cc(C(C)(C)C)ccn4)c3c2)cc(N2CN(c3ccccc3)c3ccccc32)c1. The number of aryl methyl sites for hydroxylation is 2. The summed E-state index contributed by atoms with van der Waals surface area (Å²) >= 11 is 0. The Kier molecular flexibility index (Phi) is 9.40. The topological polar surface area (TPSA) is 61.7 Å². The third kappa shape index (κ3) is 7.92. The van der Waals surface area contributed by atoms with Gasteiger partial charge in [0.2, 0.25) is 0 Å². The maximum atomic E-state index is 10.2. The van der Waals surface area contributed by atoms with Crippen LogP contribution in [-0.2, 0) is 5.41 Å². The summed E-state index contributed by atoms with van der Waals surface area (Å²) in [5, 5.41) is 12.2. The van der Waals surface area contributed by atoms with Crippen LogP contribution in [0.15, 0.2) is 176 Å². The van der Waals surface area contributed by atoms with Gasteiger partial charge in [0, 0.05) is 48.7 Å². The number of aromatic nitrogens is 2. The van der Waals surface area contributed by atoms with E-state index in [1.165, 1.54) is 0 Å². The molecular formula is C64H52N6O. The quantitative estimate of drug-likeness (QED) is 0.142. The molecule has 0 radical (unpaired) electrons. The van der Waals surface area contributed by atoms with Crippen LogP contribution < -0.4 is 14.5 Å². The molecule has 0 N–H and O–H groups in total. The van der Waals surface area contributed by atoms with Crippen LogP contribution in [0.2, 0.25) is 0 Å². The van der Waals surface area contributed by atoms with Crippen LogP contribution in [0.4, 0.5) is 28.4 Å². The van der Waals surface area contributed by atoms with Crippen LogP contribution >= 0.6 is 0 Å². The van der Waals surface area contributed by atoms with Crippen molar-refractivity contribution in [1.29, 1.82) is 5.26 Å². The number of anilines is 4. The number of ether oxygens (including phenoxy) is 1. The summed E-state index contributed by atoms with van der Waals surface area (Å²) in [5.41, 5.74) is 9.40. The van der Waals surface area contributed by atoms with E-state index in [2.05, 4.69) is 70.3 Å². The predicted molar refractivity (Wildman–Crippen MR) is 292 cm³/mol. The number of nitrogens with zero attached hydrogens (tertiary/aromatic N) is 6. The fourth-order valence-corrected chi connectivity index (χ4v) is 9.96. The smallest absolute Gasteiger partial charge is 0.187 e. The molecule has 0 amide bonds. The van der Waals surface area contributed by atoms with Crippen molar-refractivity contribution in [3.63, 3.8) is 0 Å². The van der Waals surface area contributed by atoms with Gasteiger partial charge in [0.15, 0.2) is 5.69 Å². The number of nitriles is 1. The molecule has 0 fully saturated rings. The van der Waals surface area contributed by atoms with Crippen molar-refractivity contribution in [2.75, 3.05) is 16.5 Å². The molecule has 0 unspecified atom stereocenters. The molecule has 7 heteroatoms. The van der Waals surface area contributed by atoms with Crippen LogP contribution in [0.1, 0.15) is 62.4 Å². The summed E-state index contributed by atoms with van der Waals surface area (Å²) in [7, 11) is 0. The minimum absolute atomic E-state index is 0.0219. The van der Waals surface area contributed by atoms with Gasteiger partial charge in [-0.2, -0.15) is 5.26 Å². The second-order valence-electron chi connectivity index (χ2n) is 19.2. The van der Waals surface area contributed by atoms with Crippen molar-refractivity contribution in [3.05, 3.63) is 221 Å². The first-order valence-corrected chi connectivity index (χ1v) is 23.5. The molecule has 10 aromatic rings. The Labute approximate surface area is 424 Å². The number of fused-ring (bicyclic) bond motifs is 4. The summed E-state index contributed by atoms with van der Waals surface area (Å²) < 4.78 is 65.8. The first-order chi connectivity index (χ1) is 36.8. The molecule has 11 rings (SSSR count). The number of pyridine rings is 1. The van der Waals surface area contributed by atoms with Gasteiger partial charge in [-0.05, 0) is 185 Å². The zero-order valence-corrected chi connectivity index (χ0v) is 40.0. The fourth-order valence-electron chi connectivity index (χ4n) is 9.96. The summed E-state index contributed by atoms with van der Waals surface area (Å²) in [6, 6.07) is 55.9. The van der Waals surface area contributed by atoms with Gasteiger partial charge in [0.1, 0.15) is 24.0 Å². The lowest BCUT2D eigenvalue weighted by molar-refractivity contribution is 0.483. The standard InChI is InChI=1S/C64H52N6O/c1-40-22-24-44(38-65)30-54(40)56-37-57(55-34-47(66-8)25-23-41(55)2)43(4)63(42(56)3)45-31-49(69-39-68(48-16-10-9-11-17-48)59-20-14-15-21-60(59)69)35-51(32-45)71-50-26-27-53-52-18-12-13-19-58(52)70(61(53)36-50)62-33-46(28-29-67-62)64(5,6)7/h9-37H,39H2,1-7H3/i3D3,4D3. The van der Waals surface area contributed by atoms with Gasteiger partial charge in [-0.3, -0.25) is 4.57 Å². The van der Waals surface area contributed by atoms with E-state index in [-0.39, 0.29) is 44.5 Å². The molecule has 71 heavy (non-hydrogen) atoms. The highest BCUT2D eigenvalue weighted by molar-refractivity contribution is 6.09. The van der Waals surface area contributed by atoms with Crippen molar-refractivity contribution in [1.82, 2.24) is 9.55 Å². The van der Waals surface area contributed by atoms with E-state index < -0.39 is 13.7 Å². The Morgan fingerprint density at radius 2 is 1.31 bits per heavy atom. The molecule has 344 valence electrons. The molecule has 3 heterocycles. The van der Waals surface area contributed by atoms with Crippen LogP contribution in [0.5, 0.6) is 11.5 Å². The monoisotopic (exact) mass is 926 g/mol. The molecule has 7 nitrogen and oxygen atoms in total. The second-order valence-corrected chi connectivity index (χ2v) is 19.2. The minimum Gasteiger partial charge on any atom is -0.457 e. The molecule has 0 bridgehead atoms. The molecule has 0 saturated heterocycles. The van der Waals surface area contributed by atoms with E-state index in [4.69, 9.17) is 16.3 Å². The number of benzene rings is 8. The van der Waals surface area contributed by atoms with Crippen molar-refractivity contribution < 1.29 is 13.0 Å². The third-order valence-corrected chi connectivity index (χ3v) is 13.7. The predicted octanol–water partition coefficient (Wildman–Crippen LogP) is 17.2. The van der Waals surface area contributed by atoms with Crippen LogP contribution in [0, 0.1) is 45.5 Å². The van der Waals surface area contributed by atoms with Gasteiger partial charge in [0.05, 0.1) is 40.6 Å². The average Bonchev–Trinajstić information content (AvgIpc) is 3.99. The Morgan fingerprint density at radius 1 is 0.634 bits per heavy atom. The highest BCUT2D eigenvalue weighted by Gasteiger charge is 2.29. The number of hydrogen-bond acceptors (Lipinski definition) is 5. The molecular weight excluding hydrogens is 869 g/mol. The van der Waals surface area contributed by atoms with Crippen molar-refractivity contribution in [2.24, 2.45) is 0 Å². The van der Waals surface area contributed by atoms with Gasteiger partial charge in [-0.1, -0.05) is 87.5 Å². The van der Waals surface area contributed by atoms with Crippen molar-refractivity contribution >= 4 is 50.2 Å². The van der Waals surface area contributed by atoms with Gasteiger partial charge in [-0.15, -0.1) is 0 Å². The first-order valence-electron chi connectivity index (χ1n) is 26.5. The molecule has 0 spiro atoms. The molecule has 0 saturated carbocycles. The zero-order valence-electron chi connectivity index (χ0n) is 46.0. The van der Waals surface area contributed by atoms with E-state index in [9.17, 15) is 13.5 Å². The fraction of sp³-hybridized carbons (Fsp3) is 0.141. The Bertz CT molecular complexity index is 3980. The molecule has 8 aromatic carbocycles. The highest BCUT2D eigenvalue weighted by Crippen LogP contribution is 2.49. The summed E-state index contributed by atoms with van der Waals surface area (Å²) in [5.74, 6) is 1.54. The molecule has 1 aliphatic rings. The summed E-state index contributed by atoms with van der Waals surface area (Å²) in [6.07, 6.45) is 1.84. The largest absolute Gasteiger partial charge is 0.457 e. The molecule has 1 aliphatic heterocycles. The van der Waals surface area contributed by atoms with Crippen LogP contribution in [0.3, 0.4) is 0 Å². The van der Waals surface area contributed by atoms with Crippen LogP contribution in [0.25, 0.3) is 65.8 Å². The van der Waals surface area contributed by atoms with E-state index in [0.29, 0.717) is 51.7 Å². The Balaban J connectivity index is 1.22. The zero-order chi connectivity index (χ0) is 54.1. The van der Waals surface area contributed by atoms with E-state index in [1.807, 2.05) is 117 Å².